The summed E-state index contributed by atoms with van der Waals surface area (Å²) in [4.78, 5) is 6.90. The number of rotatable bonds is 4. The van der Waals surface area contributed by atoms with E-state index >= 15 is 0 Å². The fourth-order valence-electron chi connectivity index (χ4n) is 3.73. The minimum absolute atomic E-state index is 0.336. The van der Waals surface area contributed by atoms with E-state index < -0.39 is 11.9 Å². The highest BCUT2D eigenvalue weighted by molar-refractivity contribution is 7.97. The number of pyridine rings is 1. The van der Waals surface area contributed by atoms with Gasteiger partial charge < -0.3 is 0 Å². The van der Waals surface area contributed by atoms with E-state index in [0.29, 0.717) is 11.1 Å². The Bertz CT molecular complexity index is 805. The summed E-state index contributed by atoms with van der Waals surface area (Å²) in [6.45, 7) is 6.59. The van der Waals surface area contributed by atoms with E-state index in [9.17, 15) is 13.2 Å². The van der Waals surface area contributed by atoms with Gasteiger partial charge in [0.2, 0.25) is 0 Å². The highest BCUT2D eigenvalue weighted by Gasteiger charge is 2.51. The number of nitrogens with zero attached hydrogens (tertiary/aromatic N) is 5. The topological polar surface area (TPSA) is 37.2 Å². The monoisotopic (exact) mass is 383 g/mol. The Morgan fingerprint density at radius 2 is 1.92 bits per heavy atom. The molecule has 0 N–H and O–H groups in total. The molecule has 2 fully saturated rings. The van der Waals surface area contributed by atoms with Gasteiger partial charge in [-0.05, 0) is 31.0 Å². The summed E-state index contributed by atoms with van der Waals surface area (Å²) in [6, 6.07) is 2.58. The molecule has 0 saturated carbocycles. The van der Waals surface area contributed by atoms with Crippen molar-refractivity contribution >= 4 is 11.9 Å². The van der Waals surface area contributed by atoms with Crippen LogP contribution in [0.5, 0.6) is 0 Å². The van der Waals surface area contributed by atoms with Crippen molar-refractivity contribution in [1.82, 2.24) is 24.0 Å². The van der Waals surface area contributed by atoms with Gasteiger partial charge in [-0.15, -0.1) is 0 Å². The lowest BCUT2D eigenvalue weighted by molar-refractivity contribution is -0.141. The van der Waals surface area contributed by atoms with Crippen molar-refractivity contribution in [1.29, 1.82) is 0 Å². The predicted octanol–water partition coefficient (Wildman–Crippen LogP) is 2.97. The van der Waals surface area contributed by atoms with Crippen molar-refractivity contribution in [2.45, 2.75) is 24.5 Å². The summed E-state index contributed by atoms with van der Waals surface area (Å²) < 4.78 is 42.1. The summed E-state index contributed by atoms with van der Waals surface area (Å²) in [5.74, 6) is 0. The summed E-state index contributed by atoms with van der Waals surface area (Å²) in [5.41, 5.74) is 1.16. The normalized spacial score (nSPS) is 20.2. The maximum atomic E-state index is 12.7. The van der Waals surface area contributed by atoms with Crippen LogP contribution in [0.3, 0.4) is 0 Å². The molecule has 5 nitrogen and oxygen atoms in total. The first-order valence-corrected chi connectivity index (χ1v) is 9.17. The lowest BCUT2D eigenvalue weighted by Gasteiger charge is -2.59. The van der Waals surface area contributed by atoms with Crippen molar-refractivity contribution in [3.63, 3.8) is 0 Å². The number of hydrogen-bond donors (Lipinski definition) is 0. The van der Waals surface area contributed by atoms with Crippen molar-refractivity contribution in [3.05, 3.63) is 41.5 Å². The van der Waals surface area contributed by atoms with Gasteiger partial charge in [-0.3, -0.25) is 9.58 Å². The van der Waals surface area contributed by atoms with E-state index in [0.717, 1.165) is 43.7 Å². The Kier molecular flexibility index (Phi) is 4.28. The lowest BCUT2D eigenvalue weighted by atomic mass is 9.74. The number of likely N-dealkylation sites (tertiary alicyclic amines) is 1. The fourth-order valence-corrected chi connectivity index (χ4v) is 5.00. The first-order chi connectivity index (χ1) is 12.2. The van der Waals surface area contributed by atoms with Crippen LogP contribution in [0.15, 0.2) is 29.4 Å². The highest BCUT2D eigenvalue weighted by atomic mass is 32.2. The van der Waals surface area contributed by atoms with Gasteiger partial charge in [0.25, 0.3) is 0 Å². The summed E-state index contributed by atoms with van der Waals surface area (Å²) in [6.07, 6.45) is -0.457. The fraction of sp³-hybridized carbons (Fsp3) is 0.529. The molecule has 2 aromatic rings. The van der Waals surface area contributed by atoms with Crippen LogP contribution in [0.4, 0.5) is 13.2 Å². The molecular weight excluding hydrogens is 363 g/mol. The molecule has 0 atom stereocenters. The van der Waals surface area contributed by atoms with E-state index in [1.54, 1.807) is 6.92 Å². The molecule has 2 aliphatic heterocycles. The van der Waals surface area contributed by atoms with Gasteiger partial charge in [0, 0.05) is 61.8 Å². The maximum absolute atomic E-state index is 12.7. The minimum atomic E-state index is -4.39. The van der Waals surface area contributed by atoms with E-state index in [2.05, 4.69) is 19.3 Å². The quantitative estimate of drug-likeness (QED) is 0.759. The molecule has 26 heavy (non-hydrogen) atoms. The largest absolute Gasteiger partial charge is 0.433 e. The number of aryl methyl sites for hydroxylation is 2. The van der Waals surface area contributed by atoms with E-state index in [1.807, 2.05) is 24.1 Å². The standard InChI is InChI=1S/C17H20F3N5S/c1-12-14(3-4-15(22-12)17(18,19)20)26-25-10-16(11-25)8-24(9-16)7-13-5-21-23(2)6-13/h3-6H,7-11H2,1-2H3. The molecule has 0 aromatic carbocycles. The highest BCUT2D eigenvalue weighted by Crippen LogP contribution is 2.45. The zero-order chi connectivity index (χ0) is 18.5. The van der Waals surface area contributed by atoms with Crippen LogP contribution in [0, 0.1) is 12.3 Å². The third-order valence-corrected chi connectivity index (χ3v) is 6.01. The molecule has 2 aromatic heterocycles. The zero-order valence-electron chi connectivity index (χ0n) is 14.6. The van der Waals surface area contributed by atoms with Crippen LogP contribution in [0.2, 0.25) is 0 Å². The second-order valence-corrected chi connectivity index (χ2v) is 8.47. The first kappa shape index (κ1) is 17.8. The molecule has 140 valence electrons. The molecule has 0 aliphatic carbocycles. The van der Waals surface area contributed by atoms with Crippen molar-refractivity contribution in [3.8, 4) is 0 Å². The molecule has 0 amide bonds. The van der Waals surface area contributed by atoms with E-state index in [-0.39, 0.29) is 0 Å². The molecule has 1 spiro atoms. The summed E-state index contributed by atoms with van der Waals surface area (Å²) in [7, 11) is 1.92. The van der Waals surface area contributed by atoms with Gasteiger partial charge in [-0.1, -0.05) is 0 Å². The van der Waals surface area contributed by atoms with Crippen molar-refractivity contribution in [2.75, 3.05) is 26.2 Å². The first-order valence-electron chi connectivity index (χ1n) is 8.40. The average Bonchev–Trinajstić information content (AvgIpc) is 2.88. The van der Waals surface area contributed by atoms with Crippen LogP contribution in [-0.2, 0) is 19.8 Å². The van der Waals surface area contributed by atoms with Crippen molar-refractivity contribution < 1.29 is 13.2 Å². The van der Waals surface area contributed by atoms with Gasteiger partial charge >= 0.3 is 6.18 Å². The third-order valence-electron chi connectivity index (χ3n) is 4.86. The summed E-state index contributed by atoms with van der Waals surface area (Å²) in [5, 5.41) is 4.19. The van der Waals surface area contributed by atoms with Crippen LogP contribution >= 0.6 is 11.9 Å². The molecule has 4 rings (SSSR count). The smallest absolute Gasteiger partial charge is 0.298 e. The summed E-state index contributed by atoms with van der Waals surface area (Å²) >= 11 is 1.51. The van der Waals surface area contributed by atoms with Gasteiger partial charge in [0.05, 0.1) is 11.9 Å². The number of halogens is 3. The molecule has 9 heteroatoms. The molecule has 4 heterocycles. The third kappa shape index (κ3) is 3.47. The second kappa shape index (κ2) is 6.24. The van der Waals surface area contributed by atoms with Gasteiger partial charge in [0.1, 0.15) is 5.69 Å². The molecule has 0 bridgehead atoms. The Labute approximate surface area is 154 Å². The molecule has 0 radical (unpaired) electrons. The Balaban J connectivity index is 1.27. The molecule has 2 saturated heterocycles. The molecular formula is C17H20F3N5S. The average molecular weight is 383 g/mol. The predicted molar refractivity (Wildman–Crippen MR) is 92.3 cm³/mol. The van der Waals surface area contributed by atoms with Crippen LogP contribution in [-0.4, -0.2) is 50.1 Å². The Morgan fingerprint density at radius 3 is 2.50 bits per heavy atom. The van der Waals surface area contributed by atoms with Crippen LogP contribution in [0.25, 0.3) is 0 Å². The van der Waals surface area contributed by atoms with Gasteiger partial charge in [0.15, 0.2) is 0 Å². The zero-order valence-corrected chi connectivity index (χ0v) is 15.4. The van der Waals surface area contributed by atoms with Crippen molar-refractivity contribution in [2.24, 2.45) is 12.5 Å². The van der Waals surface area contributed by atoms with Crippen LogP contribution in [0.1, 0.15) is 17.0 Å². The lowest BCUT2D eigenvalue weighted by Crippen LogP contribution is -2.70. The Hall–Kier alpha value is -1.58. The Morgan fingerprint density at radius 1 is 1.19 bits per heavy atom. The van der Waals surface area contributed by atoms with Crippen LogP contribution < -0.4 is 0 Å². The molecule has 2 aliphatic rings. The number of aromatic nitrogens is 3. The van der Waals surface area contributed by atoms with E-state index in [1.165, 1.54) is 23.6 Å². The molecule has 0 unspecified atom stereocenters. The van der Waals surface area contributed by atoms with E-state index in [4.69, 9.17) is 0 Å². The number of hydrogen-bond acceptors (Lipinski definition) is 5. The maximum Gasteiger partial charge on any atom is 0.433 e. The minimum Gasteiger partial charge on any atom is -0.298 e. The SMILES string of the molecule is Cc1nc(C(F)(F)F)ccc1SN1CC2(CN(Cc3cnn(C)c3)C2)C1. The second-order valence-electron chi connectivity index (χ2n) is 7.33. The number of alkyl halides is 3. The van der Waals surface area contributed by atoms with Gasteiger partial charge in [-0.25, -0.2) is 9.29 Å². The van der Waals surface area contributed by atoms with Gasteiger partial charge in [-0.2, -0.15) is 18.3 Å².